The standard InChI is InChI=1S/C23H30N4O/c1-16(2)26-13-5-7-18(15-26)23(3)11-9-19(10-12-23)27-14-17-6-4-8-20(22(24)28)21(17)25-27/h4,6,8-11,14,16,18H,5,7,12-13,15H2,1-3H3,(H2,24,28)/t18-,23?/m1/s1. The first-order valence-electron chi connectivity index (χ1n) is 10.3. The zero-order chi connectivity index (χ0) is 19.9. The summed E-state index contributed by atoms with van der Waals surface area (Å²) in [7, 11) is 0. The predicted octanol–water partition coefficient (Wildman–Crippen LogP) is 4.06. The van der Waals surface area contributed by atoms with Gasteiger partial charge in [-0.05, 0) is 63.1 Å². The first-order chi connectivity index (χ1) is 13.4. The Bertz CT molecular complexity index is 955. The van der Waals surface area contributed by atoms with Crippen molar-refractivity contribution in [2.45, 2.75) is 46.1 Å². The van der Waals surface area contributed by atoms with E-state index in [9.17, 15) is 4.79 Å². The van der Waals surface area contributed by atoms with Crippen LogP contribution in [0.4, 0.5) is 0 Å². The van der Waals surface area contributed by atoms with Gasteiger partial charge in [0.05, 0.1) is 11.3 Å². The summed E-state index contributed by atoms with van der Waals surface area (Å²) in [6, 6.07) is 6.15. The number of aromatic nitrogens is 2. The molecule has 2 aliphatic rings. The van der Waals surface area contributed by atoms with E-state index < -0.39 is 5.91 Å². The van der Waals surface area contributed by atoms with Gasteiger partial charge in [0.2, 0.25) is 0 Å². The largest absolute Gasteiger partial charge is 0.366 e. The number of likely N-dealkylation sites (tertiary alicyclic amines) is 1. The quantitative estimate of drug-likeness (QED) is 0.872. The second kappa shape index (κ2) is 7.21. The summed E-state index contributed by atoms with van der Waals surface area (Å²) in [5.74, 6) is 0.236. The van der Waals surface area contributed by atoms with E-state index in [1.54, 1.807) is 6.07 Å². The molecule has 0 bridgehead atoms. The lowest BCUT2D eigenvalue weighted by Crippen LogP contribution is -2.45. The molecule has 5 heteroatoms. The second-order valence-electron chi connectivity index (χ2n) is 8.78. The Labute approximate surface area is 166 Å². The molecule has 1 amide bonds. The summed E-state index contributed by atoms with van der Waals surface area (Å²) >= 11 is 0. The van der Waals surface area contributed by atoms with E-state index >= 15 is 0 Å². The van der Waals surface area contributed by atoms with Gasteiger partial charge >= 0.3 is 0 Å². The van der Waals surface area contributed by atoms with Gasteiger partial charge < -0.3 is 10.6 Å². The van der Waals surface area contributed by atoms with Crippen LogP contribution in [0.15, 0.2) is 42.6 Å². The first kappa shape index (κ1) is 18.9. The van der Waals surface area contributed by atoms with E-state index in [-0.39, 0.29) is 5.41 Å². The molecular formula is C23H30N4O. The molecule has 2 heterocycles. The van der Waals surface area contributed by atoms with Crippen LogP contribution in [0.25, 0.3) is 16.6 Å². The molecule has 1 aliphatic heterocycles. The molecule has 2 N–H and O–H groups in total. The predicted molar refractivity (Wildman–Crippen MR) is 114 cm³/mol. The van der Waals surface area contributed by atoms with Gasteiger partial charge in [0.1, 0.15) is 5.52 Å². The van der Waals surface area contributed by atoms with Gasteiger partial charge in [0.15, 0.2) is 0 Å². The number of nitrogens with two attached hydrogens (primary N) is 1. The van der Waals surface area contributed by atoms with Crippen LogP contribution in [0.1, 0.15) is 50.4 Å². The molecule has 0 saturated carbocycles. The molecule has 4 rings (SSSR count). The van der Waals surface area contributed by atoms with Crippen LogP contribution in [0.2, 0.25) is 0 Å². The maximum atomic E-state index is 11.7. The van der Waals surface area contributed by atoms with E-state index in [1.807, 2.05) is 23.0 Å². The number of carbonyl (C=O) groups is 1. The number of primary amides is 1. The van der Waals surface area contributed by atoms with Crippen molar-refractivity contribution < 1.29 is 4.79 Å². The van der Waals surface area contributed by atoms with E-state index in [2.05, 4.69) is 49.0 Å². The second-order valence-corrected chi connectivity index (χ2v) is 8.78. The highest BCUT2D eigenvalue weighted by molar-refractivity contribution is 6.04. The molecule has 1 unspecified atom stereocenters. The third kappa shape index (κ3) is 3.39. The van der Waals surface area contributed by atoms with Crippen LogP contribution >= 0.6 is 0 Å². The topological polar surface area (TPSA) is 64.2 Å². The monoisotopic (exact) mass is 378 g/mol. The summed E-state index contributed by atoms with van der Waals surface area (Å²) in [6.07, 6.45) is 12.4. The summed E-state index contributed by atoms with van der Waals surface area (Å²) in [6.45, 7) is 9.37. The maximum Gasteiger partial charge on any atom is 0.250 e. The van der Waals surface area contributed by atoms with Crippen molar-refractivity contribution >= 4 is 22.5 Å². The Balaban J connectivity index is 1.56. The maximum absolute atomic E-state index is 11.7. The molecule has 28 heavy (non-hydrogen) atoms. The normalized spacial score (nSPS) is 26.0. The number of piperidine rings is 1. The number of nitrogens with zero attached hydrogens (tertiary/aromatic N) is 3. The van der Waals surface area contributed by atoms with Gasteiger partial charge in [0, 0.05) is 24.2 Å². The Morgan fingerprint density at radius 2 is 2.18 bits per heavy atom. The number of rotatable bonds is 4. The minimum absolute atomic E-state index is 0.183. The van der Waals surface area contributed by atoms with Crippen molar-refractivity contribution in [2.24, 2.45) is 17.1 Å². The Kier molecular flexibility index (Phi) is 4.88. The molecule has 148 valence electrons. The number of hydrogen-bond acceptors (Lipinski definition) is 3. The molecule has 1 aromatic heterocycles. The molecule has 0 spiro atoms. The fourth-order valence-electron chi connectivity index (χ4n) is 4.60. The molecule has 1 aliphatic carbocycles. The van der Waals surface area contributed by atoms with Gasteiger partial charge in [-0.15, -0.1) is 0 Å². The first-order valence-corrected chi connectivity index (χ1v) is 10.3. The third-order valence-electron chi connectivity index (χ3n) is 6.57. The Morgan fingerprint density at radius 1 is 1.36 bits per heavy atom. The molecule has 0 radical (unpaired) electrons. The fourth-order valence-corrected chi connectivity index (χ4v) is 4.60. The Morgan fingerprint density at radius 3 is 2.86 bits per heavy atom. The average molecular weight is 379 g/mol. The smallest absolute Gasteiger partial charge is 0.250 e. The number of fused-ring (bicyclic) bond motifs is 1. The van der Waals surface area contributed by atoms with Crippen molar-refractivity contribution in [3.63, 3.8) is 0 Å². The van der Waals surface area contributed by atoms with Crippen LogP contribution in [0.3, 0.4) is 0 Å². The van der Waals surface area contributed by atoms with Gasteiger partial charge in [-0.1, -0.05) is 31.2 Å². The molecule has 1 aromatic carbocycles. The SMILES string of the molecule is CC(C)N1CCC[C@@H](C2(C)C=CC(n3cc4cccc(C(N)=O)c4n3)=CC2)C1. The zero-order valence-electron chi connectivity index (χ0n) is 17.1. The van der Waals surface area contributed by atoms with Gasteiger partial charge in [-0.3, -0.25) is 4.79 Å². The van der Waals surface area contributed by atoms with Crippen molar-refractivity contribution in [1.29, 1.82) is 0 Å². The van der Waals surface area contributed by atoms with Crippen molar-refractivity contribution in [3.8, 4) is 0 Å². The minimum Gasteiger partial charge on any atom is -0.366 e. The highest BCUT2D eigenvalue weighted by Gasteiger charge is 2.36. The van der Waals surface area contributed by atoms with Crippen molar-refractivity contribution in [3.05, 3.63) is 48.2 Å². The summed E-state index contributed by atoms with van der Waals surface area (Å²) < 4.78 is 1.87. The lowest BCUT2D eigenvalue weighted by Gasteiger charge is -2.44. The third-order valence-corrected chi connectivity index (χ3v) is 6.57. The summed E-state index contributed by atoms with van der Waals surface area (Å²) in [5.41, 5.74) is 7.87. The van der Waals surface area contributed by atoms with E-state index in [0.717, 1.165) is 17.5 Å². The summed E-state index contributed by atoms with van der Waals surface area (Å²) in [5, 5.41) is 5.57. The molecule has 2 aromatic rings. The van der Waals surface area contributed by atoms with Crippen LogP contribution in [-0.2, 0) is 0 Å². The van der Waals surface area contributed by atoms with E-state index in [4.69, 9.17) is 5.73 Å². The highest BCUT2D eigenvalue weighted by Crippen LogP contribution is 2.42. The average Bonchev–Trinajstić information content (AvgIpc) is 3.12. The van der Waals surface area contributed by atoms with Crippen LogP contribution in [0.5, 0.6) is 0 Å². The lowest BCUT2D eigenvalue weighted by atomic mass is 9.69. The number of carbonyl (C=O) groups excluding carboxylic acids is 1. The molecule has 1 fully saturated rings. The number of benzene rings is 1. The van der Waals surface area contributed by atoms with Gasteiger partial charge in [-0.2, -0.15) is 5.10 Å². The number of hydrogen-bond donors (Lipinski definition) is 1. The van der Waals surface area contributed by atoms with Crippen molar-refractivity contribution in [2.75, 3.05) is 13.1 Å². The minimum atomic E-state index is -0.441. The van der Waals surface area contributed by atoms with Crippen LogP contribution in [-0.4, -0.2) is 39.7 Å². The van der Waals surface area contributed by atoms with Crippen LogP contribution < -0.4 is 5.73 Å². The zero-order valence-corrected chi connectivity index (χ0v) is 17.1. The van der Waals surface area contributed by atoms with E-state index in [0.29, 0.717) is 23.0 Å². The molecule has 5 nitrogen and oxygen atoms in total. The highest BCUT2D eigenvalue weighted by atomic mass is 16.1. The number of allylic oxidation sites excluding steroid dienone is 4. The fraction of sp³-hybridized carbons (Fsp3) is 0.478. The van der Waals surface area contributed by atoms with Crippen molar-refractivity contribution in [1.82, 2.24) is 14.7 Å². The Hall–Kier alpha value is -2.40. The van der Waals surface area contributed by atoms with Gasteiger partial charge in [0.25, 0.3) is 5.91 Å². The molecule has 1 saturated heterocycles. The van der Waals surface area contributed by atoms with Gasteiger partial charge in [-0.25, -0.2) is 4.68 Å². The lowest BCUT2D eigenvalue weighted by molar-refractivity contribution is 0.0842. The summed E-state index contributed by atoms with van der Waals surface area (Å²) in [4.78, 5) is 14.3. The van der Waals surface area contributed by atoms with E-state index in [1.165, 1.54) is 25.9 Å². The molecular weight excluding hydrogens is 348 g/mol. The number of amides is 1. The van der Waals surface area contributed by atoms with Crippen LogP contribution in [0, 0.1) is 11.3 Å². The molecule has 2 atom stereocenters.